The van der Waals surface area contributed by atoms with E-state index < -0.39 is 48.2 Å². The molecule has 9 nitrogen and oxygen atoms in total. The highest BCUT2D eigenvalue weighted by atomic mass is 35.5. The molecule has 1 saturated heterocycles. The van der Waals surface area contributed by atoms with Gasteiger partial charge in [-0.3, -0.25) is 9.59 Å². The van der Waals surface area contributed by atoms with Crippen LogP contribution in [0.15, 0.2) is 18.2 Å². The van der Waals surface area contributed by atoms with Crippen molar-refractivity contribution in [1.29, 1.82) is 0 Å². The third kappa shape index (κ3) is 5.70. The molecule has 0 aliphatic carbocycles. The Morgan fingerprint density at radius 2 is 1.94 bits per heavy atom. The third-order valence-electron chi connectivity index (χ3n) is 5.61. The van der Waals surface area contributed by atoms with Crippen molar-refractivity contribution in [2.24, 2.45) is 5.92 Å². The van der Waals surface area contributed by atoms with Crippen LogP contribution in [0.2, 0.25) is 0 Å². The SMILES string of the molecule is CCNC1CC(=O)OC1C(O)C(=O)NC(CC(C)C)C1Cc2cccc(O)c2C(=O)O1.Cl. The number of ether oxygens (including phenoxy) is 2. The summed E-state index contributed by atoms with van der Waals surface area (Å²) in [5, 5.41) is 26.4. The number of esters is 2. The first kappa shape index (κ1) is 25.9. The molecule has 5 unspecified atom stereocenters. The van der Waals surface area contributed by atoms with Crippen LogP contribution in [0.1, 0.15) is 49.5 Å². The Morgan fingerprint density at radius 3 is 2.59 bits per heavy atom. The highest BCUT2D eigenvalue weighted by molar-refractivity contribution is 5.95. The number of benzene rings is 1. The van der Waals surface area contributed by atoms with Gasteiger partial charge in [-0.15, -0.1) is 12.4 Å². The van der Waals surface area contributed by atoms with Gasteiger partial charge in [-0.1, -0.05) is 32.9 Å². The van der Waals surface area contributed by atoms with Gasteiger partial charge in [-0.25, -0.2) is 4.79 Å². The average Bonchev–Trinajstić information content (AvgIpc) is 3.06. The van der Waals surface area contributed by atoms with Crippen LogP contribution < -0.4 is 10.6 Å². The molecule has 0 spiro atoms. The summed E-state index contributed by atoms with van der Waals surface area (Å²) in [4.78, 5) is 37.0. The van der Waals surface area contributed by atoms with Crippen molar-refractivity contribution < 1.29 is 34.1 Å². The number of carbonyl (C=O) groups is 3. The number of phenolic OH excluding ortho intramolecular Hbond substituents is 1. The maximum atomic E-state index is 12.8. The normalized spacial score (nSPS) is 24.1. The molecule has 1 aromatic carbocycles. The minimum absolute atomic E-state index is 0. The van der Waals surface area contributed by atoms with E-state index in [9.17, 15) is 24.6 Å². The van der Waals surface area contributed by atoms with E-state index in [2.05, 4.69) is 10.6 Å². The topological polar surface area (TPSA) is 134 Å². The van der Waals surface area contributed by atoms with Gasteiger partial charge in [0, 0.05) is 6.42 Å². The first-order chi connectivity index (χ1) is 14.7. The second-order valence-electron chi connectivity index (χ2n) is 8.47. The third-order valence-corrected chi connectivity index (χ3v) is 5.61. The Kier molecular flexibility index (Phi) is 8.89. The zero-order chi connectivity index (χ0) is 22.7. The number of aliphatic hydroxyl groups excluding tert-OH is 1. The number of carbonyl (C=O) groups excluding carboxylic acids is 3. The van der Waals surface area contributed by atoms with Crippen LogP contribution in [0.25, 0.3) is 0 Å². The van der Waals surface area contributed by atoms with E-state index in [1.165, 1.54) is 6.07 Å². The molecule has 178 valence electrons. The van der Waals surface area contributed by atoms with Crippen LogP contribution in [-0.4, -0.2) is 65.0 Å². The van der Waals surface area contributed by atoms with Crippen molar-refractivity contribution in [2.45, 2.75) is 70.4 Å². The van der Waals surface area contributed by atoms with E-state index in [1.54, 1.807) is 12.1 Å². The van der Waals surface area contributed by atoms with Crippen LogP contribution in [0, 0.1) is 5.92 Å². The lowest BCUT2D eigenvalue weighted by molar-refractivity contribution is -0.150. The molecular weight excluding hydrogens is 440 g/mol. The summed E-state index contributed by atoms with van der Waals surface area (Å²) in [5.41, 5.74) is 0.779. The average molecular weight is 471 g/mol. The van der Waals surface area contributed by atoms with Crippen molar-refractivity contribution in [3.8, 4) is 5.75 Å². The van der Waals surface area contributed by atoms with Crippen molar-refractivity contribution in [1.82, 2.24) is 10.6 Å². The summed E-state index contributed by atoms with van der Waals surface area (Å²) in [5.74, 6) is -1.78. The first-order valence-electron chi connectivity index (χ1n) is 10.6. The number of hydrogen-bond donors (Lipinski definition) is 4. The standard InChI is InChI=1S/C22H30N2O7.ClH/c1-4-23-14-10-17(26)31-20(14)19(27)21(28)24-13(8-11(2)3)16-9-12-6-5-7-15(25)18(12)22(29)30-16;/h5-7,11,13-14,16,19-20,23,25,27H,4,8-10H2,1-3H3,(H,24,28);1H. The molecule has 1 amide bonds. The Labute approximate surface area is 193 Å². The number of nitrogens with one attached hydrogen (secondary N) is 2. The number of phenols is 1. The second kappa shape index (κ2) is 11.0. The molecule has 2 aliphatic rings. The zero-order valence-electron chi connectivity index (χ0n) is 18.4. The van der Waals surface area contributed by atoms with Gasteiger partial charge in [-0.05, 0) is 30.5 Å². The summed E-state index contributed by atoms with van der Waals surface area (Å²) < 4.78 is 10.7. The number of fused-ring (bicyclic) bond motifs is 1. The lowest BCUT2D eigenvalue weighted by Gasteiger charge is -2.34. The van der Waals surface area contributed by atoms with E-state index >= 15 is 0 Å². The predicted octanol–water partition coefficient (Wildman–Crippen LogP) is 1.08. The number of likely N-dealkylation sites (N-methyl/N-ethyl adjacent to an activating group) is 1. The molecule has 0 bridgehead atoms. The van der Waals surface area contributed by atoms with Gasteiger partial charge in [0.25, 0.3) is 5.91 Å². The maximum absolute atomic E-state index is 12.8. The molecule has 0 saturated carbocycles. The lowest BCUT2D eigenvalue weighted by atomic mass is 9.90. The summed E-state index contributed by atoms with van der Waals surface area (Å²) in [6.45, 7) is 6.37. The molecule has 0 aromatic heterocycles. The van der Waals surface area contributed by atoms with E-state index in [-0.39, 0.29) is 36.1 Å². The Hall–Kier alpha value is -2.36. The molecule has 10 heteroatoms. The highest BCUT2D eigenvalue weighted by Crippen LogP contribution is 2.30. The number of rotatable bonds is 8. The van der Waals surface area contributed by atoms with E-state index in [0.29, 0.717) is 24.9 Å². The van der Waals surface area contributed by atoms with Gasteiger partial charge in [0.05, 0.1) is 18.5 Å². The van der Waals surface area contributed by atoms with Gasteiger partial charge < -0.3 is 30.3 Å². The van der Waals surface area contributed by atoms with Gasteiger partial charge in [0.15, 0.2) is 12.2 Å². The molecule has 0 radical (unpaired) electrons. The summed E-state index contributed by atoms with van der Waals surface area (Å²) in [7, 11) is 0. The first-order valence-corrected chi connectivity index (χ1v) is 10.6. The quantitative estimate of drug-likeness (QED) is 0.415. The summed E-state index contributed by atoms with van der Waals surface area (Å²) in [6.07, 6.45) is -2.29. The number of halogens is 1. The van der Waals surface area contributed by atoms with Crippen molar-refractivity contribution >= 4 is 30.3 Å². The molecular formula is C22H31ClN2O7. The number of hydrogen-bond acceptors (Lipinski definition) is 8. The van der Waals surface area contributed by atoms with Gasteiger partial charge in [0.2, 0.25) is 0 Å². The summed E-state index contributed by atoms with van der Waals surface area (Å²) in [6, 6.07) is 3.80. The number of amides is 1. The maximum Gasteiger partial charge on any atom is 0.342 e. The molecule has 2 heterocycles. The second-order valence-corrected chi connectivity index (χ2v) is 8.47. The Balaban J connectivity index is 0.00000363. The molecule has 32 heavy (non-hydrogen) atoms. The largest absolute Gasteiger partial charge is 0.507 e. The van der Waals surface area contributed by atoms with E-state index in [0.717, 1.165) is 0 Å². The van der Waals surface area contributed by atoms with Gasteiger partial charge in [-0.2, -0.15) is 0 Å². The smallest absolute Gasteiger partial charge is 0.342 e. The Morgan fingerprint density at radius 1 is 1.22 bits per heavy atom. The number of aliphatic hydroxyl groups is 1. The predicted molar refractivity (Wildman–Crippen MR) is 118 cm³/mol. The van der Waals surface area contributed by atoms with Crippen molar-refractivity contribution in [3.63, 3.8) is 0 Å². The van der Waals surface area contributed by atoms with E-state index in [1.807, 2.05) is 20.8 Å². The lowest BCUT2D eigenvalue weighted by Crippen LogP contribution is -2.55. The van der Waals surface area contributed by atoms with Gasteiger partial charge in [0.1, 0.15) is 17.4 Å². The molecule has 1 aromatic rings. The Bertz CT molecular complexity index is 848. The minimum atomic E-state index is -1.55. The molecule has 2 aliphatic heterocycles. The fourth-order valence-electron chi connectivity index (χ4n) is 4.21. The van der Waals surface area contributed by atoms with Crippen LogP contribution >= 0.6 is 12.4 Å². The van der Waals surface area contributed by atoms with Crippen LogP contribution in [0.4, 0.5) is 0 Å². The number of aromatic hydroxyl groups is 1. The molecule has 4 N–H and O–H groups in total. The van der Waals surface area contributed by atoms with E-state index in [4.69, 9.17) is 9.47 Å². The molecule has 3 rings (SSSR count). The monoisotopic (exact) mass is 470 g/mol. The molecule has 5 atom stereocenters. The fraction of sp³-hybridized carbons (Fsp3) is 0.591. The van der Waals surface area contributed by atoms with Crippen LogP contribution in [0.3, 0.4) is 0 Å². The molecule has 1 fully saturated rings. The van der Waals surface area contributed by atoms with Crippen LogP contribution in [0.5, 0.6) is 5.75 Å². The van der Waals surface area contributed by atoms with Crippen LogP contribution in [-0.2, 0) is 25.5 Å². The highest BCUT2D eigenvalue weighted by Gasteiger charge is 2.43. The summed E-state index contributed by atoms with van der Waals surface area (Å²) >= 11 is 0. The number of cyclic esters (lactones) is 2. The zero-order valence-corrected chi connectivity index (χ0v) is 19.2. The van der Waals surface area contributed by atoms with Gasteiger partial charge >= 0.3 is 11.9 Å². The minimum Gasteiger partial charge on any atom is -0.507 e. The van der Waals surface area contributed by atoms with Crippen molar-refractivity contribution in [2.75, 3.05) is 6.54 Å². The fourth-order valence-corrected chi connectivity index (χ4v) is 4.21. The van der Waals surface area contributed by atoms with Crippen molar-refractivity contribution in [3.05, 3.63) is 29.3 Å².